The van der Waals surface area contributed by atoms with Crippen molar-refractivity contribution in [2.45, 2.75) is 13.8 Å². The fraction of sp³-hybridized carbons (Fsp3) is 0.333. The largest absolute Gasteiger partial charge is 0.464 e. The normalized spacial score (nSPS) is 11.1. The molecule has 0 aliphatic heterocycles. The van der Waals surface area contributed by atoms with Gasteiger partial charge < -0.3 is 10.4 Å². The third-order valence-electron chi connectivity index (χ3n) is 2.48. The number of nitrogens with one attached hydrogen (secondary N) is 1. The van der Waals surface area contributed by atoms with Crippen LogP contribution in [0, 0.1) is 5.92 Å². The van der Waals surface area contributed by atoms with E-state index in [0.717, 1.165) is 9.27 Å². The maximum absolute atomic E-state index is 11.8. The molecule has 0 bridgehead atoms. The first-order valence-corrected chi connectivity index (χ1v) is 6.43. The van der Waals surface area contributed by atoms with Crippen LogP contribution >= 0.6 is 11.3 Å². The van der Waals surface area contributed by atoms with Crippen molar-refractivity contribution < 1.29 is 14.7 Å². The summed E-state index contributed by atoms with van der Waals surface area (Å²) in [6, 6.07) is 3.32. The summed E-state index contributed by atoms with van der Waals surface area (Å²) in [4.78, 5) is 23.3. The van der Waals surface area contributed by atoms with Gasteiger partial charge in [0.05, 0.1) is 15.1 Å². The van der Waals surface area contributed by atoms with Crippen molar-refractivity contribution in [2.24, 2.45) is 5.92 Å². The molecule has 96 valence electrons. The van der Waals surface area contributed by atoms with Crippen LogP contribution in [0.2, 0.25) is 0 Å². The van der Waals surface area contributed by atoms with E-state index in [9.17, 15) is 9.59 Å². The number of hydrogen-bond donors (Lipinski definition) is 2. The summed E-state index contributed by atoms with van der Waals surface area (Å²) >= 11 is 1.30. The Morgan fingerprint density at radius 3 is 2.83 bits per heavy atom. The Morgan fingerprint density at radius 1 is 1.50 bits per heavy atom. The number of aromatic nitrogens is 1. The lowest BCUT2D eigenvalue weighted by molar-refractivity contribution is 0.0953. The fourth-order valence-electron chi connectivity index (χ4n) is 1.59. The third kappa shape index (κ3) is 2.38. The molecule has 0 aliphatic carbocycles. The minimum Gasteiger partial charge on any atom is -0.464 e. The molecule has 0 atom stereocenters. The number of hydrogen-bond acceptors (Lipinski definition) is 3. The van der Waals surface area contributed by atoms with Crippen LogP contribution in [0.15, 0.2) is 18.3 Å². The molecule has 2 aromatic heterocycles. The predicted octanol–water partition coefficient (Wildman–Crippen LogP) is 2.61. The molecule has 18 heavy (non-hydrogen) atoms. The average molecular weight is 266 g/mol. The molecule has 0 spiro atoms. The first-order valence-electron chi connectivity index (χ1n) is 5.61. The van der Waals surface area contributed by atoms with E-state index in [0.29, 0.717) is 22.9 Å². The predicted molar refractivity (Wildman–Crippen MR) is 70.4 cm³/mol. The van der Waals surface area contributed by atoms with Crippen LogP contribution in [-0.4, -0.2) is 28.2 Å². The monoisotopic (exact) mass is 266 g/mol. The number of nitrogens with zero attached hydrogens (tertiary/aromatic N) is 1. The number of fused-ring (bicyclic) bond motifs is 1. The van der Waals surface area contributed by atoms with Crippen LogP contribution in [0.1, 0.15) is 23.5 Å². The Hall–Kier alpha value is -1.82. The molecule has 0 saturated heterocycles. The van der Waals surface area contributed by atoms with Crippen molar-refractivity contribution >= 4 is 33.6 Å². The Bertz CT molecular complexity index is 598. The van der Waals surface area contributed by atoms with E-state index in [1.54, 1.807) is 12.1 Å². The Balaban J connectivity index is 2.25. The van der Waals surface area contributed by atoms with Crippen molar-refractivity contribution in [3.8, 4) is 0 Å². The molecule has 6 heteroatoms. The first-order chi connectivity index (χ1) is 8.49. The number of thiophene rings is 1. The van der Waals surface area contributed by atoms with Crippen molar-refractivity contribution in [3.63, 3.8) is 0 Å². The van der Waals surface area contributed by atoms with Gasteiger partial charge in [-0.2, -0.15) is 0 Å². The van der Waals surface area contributed by atoms with E-state index in [-0.39, 0.29) is 5.91 Å². The molecule has 5 nitrogen and oxygen atoms in total. The third-order valence-corrected chi connectivity index (χ3v) is 3.56. The molecule has 2 aromatic rings. The van der Waals surface area contributed by atoms with Crippen molar-refractivity contribution in [1.82, 2.24) is 9.88 Å². The zero-order valence-electron chi connectivity index (χ0n) is 10.1. The molecular weight excluding hydrogens is 252 g/mol. The fourth-order valence-corrected chi connectivity index (χ4v) is 2.55. The number of rotatable bonds is 3. The molecular formula is C12H14N2O3S. The van der Waals surface area contributed by atoms with Gasteiger partial charge in [0.25, 0.3) is 5.91 Å². The summed E-state index contributed by atoms with van der Waals surface area (Å²) in [5, 5.41) is 11.8. The van der Waals surface area contributed by atoms with Gasteiger partial charge in [0, 0.05) is 12.7 Å². The van der Waals surface area contributed by atoms with Gasteiger partial charge in [-0.05, 0) is 18.1 Å². The summed E-state index contributed by atoms with van der Waals surface area (Å²) in [5.74, 6) is 0.234. The van der Waals surface area contributed by atoms with Gasteiger partial charge in [-0.3, -0.25) is 9.36 Å². The number of amides is 1. The van der Waals surface area contributed by atoms with E-state index >= 15 is 0 Å². The molecule has 2 N–H and O–H groups in total. The van der Waals surface area contributed by atoms with Crippen molar-refractivity contribution in [3.05, 3.63) is 23.2 Å². The minimum atomic E-state index is -1.04. The van der Waals surface area contributed by atoms with E-state index in [1.165, 1.54) is 17.5 Å². The van der Waals surface area contributed by atoms with Crippen LogP contribution in [-0.2, 0) is 0 Å². The van der Waals surface area contributed by atoms with Gasteiger partial charge in [-0.15, -0.1) is 11.3 Å². The zero-order chi connectivity index (χ0) is 13.3. The summed E-state index contributed by atoms with van der Waals surface area (Å²) in [6.07, 6.45) is 0.441. The lowest BCUT2D eigenvalue weighted by atomic mass is 10.2. The number of carbonyl (C=O) groups is 2. The van der Waals surface area contributed by atoms with Crippen molar-refractivity contribution in [2.75, 3.05) is 6.54 Å². The maximum Gasteiger partial charge on any atom is 0.416 e. The zero-order valence-corrected chi connectivity index (χ0v) is 11.0. The summed E-state index contributed by atoms with van der Waals surface area (Å²) in [7, 11) is 0. The highest BCUT2D eigenvalue weighted by Gasteiger charge is 2.14. The smallest absolute Gasteiger partial charge is 0.416 e. The Labute approximate surface area is 108 Å². The highest BCUT2D eigenvalue weighted by Crippen LogP contribution is 2.26. The Morgan fingerprint density at radius 2 is 2.22 bits per heavy atom. The van der Waals surface area contributed by atoms with Crippen LogP contribution in [0.4, 0.5) is 4.79 Å². The van der Waals surface area contributed by atoms with Gasteiger partial charge >= 0.3 is 6.09 Å². The molecule has 0 radical (unpaired) electrons. The molecule has 1 amide bonds. The average Bonchev–Trinajstić information content (AvgIpc) is 2.83. The van der Waals surface area contributed by atoms with E-state index < -0.39 is 6.09 Å². The molecule has 2 heterocycles. The second-order valence-corrected chi connectivity index (χ2v) is 5.52. The van der Waals surface area contributed by atoms with Gasteiger partial charge in [0.2, 0.25) is 0 Å². The standard InChI is InChI=1S/C12H14N2O3S/c1-7(2)6-13-11(15)10-5-8-9(18-10)3-4-14(8)12(16)17/h3-5,7H,6H2,1-2H3,(H,13,15)(H,16,17). The van der Waals surface area contributed by atoms with Gasteiger partial charge in [0.15, 0.2) is 0 Å². The van der Waals surface area contributed by atoms with Gasteiger partial charge in [-0.25, -0.2) is 4.79 Å². The summed E-state index contributed by atoms with van der Waals surface area (Å²) < 4.78 is 1.91. The lowest BCUT2D eigenvalue weighted by Crippen LogP contribution is -2.26. The quantitative estimate of drug-likeness (QED) is 0.897. The topological polar surface area (TPSA) is 71.3 Å². The number of carbonyl (C=O) groups excluding carboxylic acids is 1. The molecule has 0 saturated carbocycles. The molecule has 2 rings (SSSR count). The van der Waals surface area contributed by atoms with Gasteiger partial charge in [0.1, 0.15) is 0 Å². The summed E-state index contributed by atoms with van der Waals surface area (Å²) in [5.41, 5.74) is 0.558. The van der Waals surface area contributed by atoms with Crippen LogP contribution < -0.4 is 5.32 Å². The lowest BCUT2D eigenvalue weighted by Gasteiger charge is -2.05. The van der Waals surface area contributed by atoms with Crippen molar-refractivity contribution in [1.29, 1.82) is 0 Å². The number of carboxylic acid groups (broad SMARTS) is 1. The SMILES string of the molecule is CC(C)CNC(=O)c1cc2c(ccn2C(=O)O)s1. The molecule has 0 aromatic carbocycles. The second kappa shape index (κ2) is 4.81. The maximum atomic E-state index is 11.8. The summed E-state index contributed by atoms with van der Waals surface area (Å²) in [6.45, 7) is 4.65. The minimum absolute atomic E-state index is 0.151. The van der Waals surface area contributed by atoms with E-state index in [1.807, 2.05) is 13.8 Å². The van der Waals surface area contributed by atoms with Crippen LogP contribution in [0.3, 0.4) is 0 Å². The van der Waals surface area contributed by atoms with Crippen LogP contribution in [0.25, 0.3) is 10.2 Å². The second-order valence-electron chi connectivity index (χ2n) is 4.43. The highest BCUT2D eigenvalue weighted by atomic mass is 32.1. The van der Waals surface area contributed by atoms with Crippen LogP contribution in [0.5, 0.6) is 0 Å². The molecule has 0 fully saturated rings. The first kappa shape index (κ1) is 12.6. The van der Waals surface area contributed by atoms with E-state index in [4.69, 9.17) is 5.11 Å². The molecule has 0 aliphatic rings. The highest BCUT2D eigenvalue weighted by molar-refractivity contribution is 7.20. The van der Waals surface area contributed by atoms with E-state index in [2.05, 4.69) is 5.32 Å². The molecule has 0 unspecified atom stereocenters. The Kier molecular flexibility index (Phi) is 3.38. The van der Waals surface area contributed by atoms with Gasteiger partial charge in [-0.1, -0.05) is 13.8 Å².